The maximum atomic E-state index is 14.1. The fourth-order valence-corrected chi connectivity index (χ4v) is 8.75. The highest BCUT2D eigenvalue weighted by molar-refractivity contribution is 7.09. The Morgan fingerprint density at radius 1 is 0.657 bits per heavy atom. The first-order chi connectivity index (χ1) is 33.0. The number of allylic oxidation sites excluding steroid dienone is 1. The van der Waals surface area contributed by atoms with E-state index in [4.69, 9.17) is 14.4 Å². The minimum atomic E-state index is -1.39. The Hall–Kier alpha value is -8.19. The summed E-state index contributed by atoms with van der Waals surface area (Å²) in [6.45, 7) is -0.238. The molecule has 2 heterocycles. The maximum absolute atomic E-state index is 14.1. The highest BCUT2D eigenvalue weighted by atomic mass is 32.1. The lowest BCUT2D eigenvalue weighted by molar-refractivity contribution is -0.197. The number of ketones is 1. The second-order valence-electron chi connectivity index (χ2n) is 15.7. The minimum absolute atomic E-state index is 0.0906. The van der Waals surface area contributed by atoms with E-state index in [2.05, 4.69) is 19.8 Å². The van der Waals surface area contributed by atoms with E-state index >= 15 is 0 Å². The van der Waals surface area contributed by atoms with Crippen LogP contribution >= 0.6 is 11.5 Å². The van der Waals surface area contributed by atoms with E-state index in [0.29, 0.717) is 5.13 Å². The van der Waals surface area contributed by atoms with Gasteiger partial charge in [0.05, 0.1) is 6.20 Å². The predicted molar refractivity (Wildman–Crippen MR) is 258 cm³/mol. The molecule has 11 nitrogen and oxygen atoms in total. The Kier molecular flexibility index (Phi) is 13.6. The van der Waals surface area contributed by atoms with Crippen molar-refractivity contribution in [1.29, 1.82) is 0 Å². The Morgan fingerprint density at radius 3 is 1.51 bits per heavy atom. The number of hydrogen-bond donors (Lipinski definition) is 2. The van der Waals surface area contributed by atoms with E-state index in [1.807, 2.05) is 212 Å². The first-order valence-electron chi connectivity index (χ1n) is 21.7. The molecule has 0 fully saturated rings. The standard InChI is InChI=1S/C55H45N5O6S/c61-47-36-46(38-64-58-49(53(62)63)52-56-54(67-59-52)57-55(43-30-16-5-17-31-43,44-32-18-6-19-33-44)45-34-20-7-21-35-45)60(66-51(41-26-12-3-13-27-41)42-28-14-4-15-29-42)37-48(47)65-50(39-22-8-1-9-23-39)40-24-10-2-11-25-40/h1-35,37,46,50-51H,36,38H2,(H,62,63)(H,56,57,59). The van der Waals surface area contributed by atoms with Crippen molar-refractivity contribution < 1.29 is 29.1 Å². The summed E-state index contributed by atoms with van der Waals surface area (Å²) < 4.78 is 11.1. The molecule has 1 aliphatic heterocycles. The number of anilines is 1. The summed E-state index contributed by atoms with van der Waals surface area (Å²) in [6.07, 6.45) is 0.252. The molecule has 1 atom stereocenters. The van der Waals surface area contributed by atoms with Crippen molar-refractivity contribution in [1.82, 2.24) is 14.4 Å². The molecule has 0 amide bonds. The molecular formula is C55H45N5O6S. The van der Waals surface area contributed by atoms with Gasteiger partial charge in [-0.15, -0.1) is 0 Å². The fraction of sp³-hybridized carbons (Fsp3) is 0.109. The van der Waals surface area contributed by atoms with Crippen LogP contribution < -0.4 is 5.32 Å². The van der Waals surface area contributed by atoms with Gasteiger partial charge < -0.3 is 20.0 Å². The monoisotopic (exact) mass is 903 g/mol. The van der Waals surface area contributed by atoms with Crippen LogP contribution in [0.1, 0.15) is 63.4 Å². The van der Waals surface area contributed by atoms with Gasteiger partial charge in [0.2, 0.25) is 22.5 Å². The van der Waals surface area contributed by atoms with Crippen LogP contribution in [0.15, 0.2) is 229 Å². The number of oxime groups is 1. The van der Waals surface area contributed by atoms with Crippen molar-refractivity contribution in [3.8, 4) is 0 Å². The van der Waals surface area contributed by atoms with Gasteiger partial charge in [0.15, 0.2) is 5.76 Å². The normalized spacial score (nSPS) is 14.1. The topological polar surface area (TPSA) is 135 Å². The molecule has 8 aromatic rings. The predicted octanol–water partition coefficient (Wildman–Crippen LogP) is 10.8. The van der Waals surface area contributed by atoms with Crippen molar-refractivity contribution >= 4 is 34.1 Å². The van der Waals surface area contributed by atoms with E-state index in [-0.39, 0.29) is 30.4 Å². The molecule has 7 aromatic carbocycles. The number of carbonyl (C=O) groups is 2. The Balaban J connectivity index is 1.03. The number of aliphatic carboxylic acids is 1. The second kappa shape index (κ2) is 20.8. The van der Waals surface area contributed by atoms with Crippen molar-refractivity contribution in [2.45, 2.75) is 30.2 Å². The minimum Gasteiger partial charge on any atom is -0.476 e. The molecular weight excluding hydrogens is 859 g/mol. The van der Waals surface area contributed by atoms with Crippen LogP contribution in [-0.4, -0.2) is 49.6 Å². The molecule has 1 aliphatic rings. The molecule has 0 bridgehead atoms. The van der Waals surface area contributed by atoms with Crippen LogP contribution in [0.2, 0.25) is 0 Å². The van der Waals surface area contributed by atoms with Crippen LogP contribution in [0.25, 0.3) is 0 Å². The van der Waals surface area contributed by atoms with Gasteiger partial charge in [0.1, 0.15) is 30.4 Å². The Bertz CT molecular complexity index is 2750. The molecule has 0 saturated carbocycles. The number of carboxylic acids is 1. The number of ether oxygens (including phenoxy) is 1. The zero-order valence-electron chi connectivity index (χ0n) is 36.1. The maximum Gasteiger partial charge on any atom is 0.362 e. The quantitative estimate of drug-likeness (QED) is 0.0487. The summed E-state index contributed by atoms with van der Waals surface area (Å²) in [5.74, 6) is -1.74. The first kappa shape index (κ1) is 44.0. The number of hydrogen-bond acceptors (Lipinski definition) is 11. The second-order valence-corrected chi connectivity index (χ2v) is 16.4. The average Bonchev–Trinajstić information content (AvgIpc) is 3.85. The smallest absolute Gasteiger partial charge is 0.362 e. The molecule has 1 unspecified atom stereocenters. The van der Waals surface area contributed by atoms with Gasteiger partial charge in [-0.3, -0.25) is 9.63 Å². The molecule has 332 valence electrons. The van der Waals surface area contributed by atoms with E-state index in [1.54, 1.807) is 11.3 Å². The highest BCUT2D eigenvalue weighted by Crippen LogP contribution is 2.41. The molecule has 0 spiro atoms. The number of carbonyl (C=O) groups excluding carboxylic acids is 1. The lowest BCUT2D eigenvalue weighted by Gasteiger charge is -2.36. The number of nitrogens with zero attached hydrogens (tertiary/aromatic N) is 4. The van der Waals surface area contributed by atoms with Crippen LogP contribution in [0.4, 0.5) is 5.13 Å². The summed E-state index contributed by atoms with van der Waals surface area (Å²) in [6, 6.07) is 68.0. The fourth-order valence-electron chi connectivity index (χ4n) is 8.12. The van der Waals surface area contributed by atoms with Crippen LogP contribution in [0.5, 0.6) is 0 Å². The molecule has 0 radical (unpaired) electrons. The number of Topliss-reactive ketones (excluding diaryl/α,β-unsaturated/α-hetero) is 1. The summed E-state index contributed by atoms with van der Waals surface area (Å²) in [7, 11) is 0. The number of hydroxylamine groups is 2. The first-order valence-corrected chi connectivity index (χ1v) is 22.5. The summed E-state index contributed by atoms with van der Waals surface area (Å²) in [4.78, 5) is 44.4. The number of rotatable bonds is 18. The third-order valence-corrected chi connectivity index (χ3v) is 12.0. The van der Waals surface area contributed by atoms with Gasteiger partial charge in [-0.25, -0.2) is 9.86 Å². The zero-order chi connectivity index (χ0) is 45.8. The van der Waals surface area contributed by atoms with Crippen LogP contribution in [0.3, 0.4) is 0 Å². The van der Waals surface area contributed by atoms with Gasteiger partial charge >= 0.3 is 5.97 Å². The SMILES string of the molecule is O=C(O)C(=NOCC1CC(=O)C(OC(c2ccccc2)c2ccccc2)=CN1OC(c1ccccc1)c1ccccc1)c1nsc(NC(c2ccccc2)(c2ccccc2)c2ccccc2)n1. The molecule has 0 aliphatic carbocycles. The van der Waals surface area contributed by atoms with Gasteiger partial charge in [-0.1, -0.05) is 217 Å². The summed E-state index contributed by atoms with van der Waals surface area (Å²) in [5, 5.41) is 20.1. The lowest BCUT2D eigenvalue weighted by Crippen LogP contribution is -2.42. The summed E-state index contributed by atoms with van der Waals surface area (Å²) >= 11 is 1.01. The van der Waals surface area contributed by atoms with Crippen molar-refractivity contribution in [2.75, 3.05) is 11.9 Å². The number of carboxylic acid groups (broad SMARTS) is 1. The Labute approximate surface area is 392 Å². The lowest BCUT2D eigenvalue weighted by atomic mass is 9.77. The van der Waals surface area contributed by atoms with Crippen LogP contribution in [-0.2, 0) is 29.5 Å². The van der Waals surface area contributed by atoms with E-state index in [1.165, 1.54) is 0 Å². The van der Waals surface area contributed by atoms with Gasteiger partial charge in [-0.2, -0.15) is 9.36 Å². The zero-order valence-corrected chi connectivity index (χ0v) is 36.9. The van der Waals surface area contributed by atoms with Gasteiger partial charge in [0.25, 0.3) is 0 Å². The van der Waals surface area contributed by atoms with E-state index < -0.39 is 35.5 Å². The largest absolute Gasteiger partial charge is 0.476 e. The third-order valence-electron chi connectivity index (χ3n) is 11.4. The molecule has 9 rings (SSSR count). The summed E-state index contributed by atoms with van der Waals surface area (Å²) in [5.41, 5.74) is 4.84. The van der Waals surface area contributed by atoms with Crippen molar-refractivity contribution in [3.05, 3.63) is 269 Å². The third kappa shape index (κ3) is 10.1. The molecule has 1 aromatic heterocycles. The van der Waals surface area contributed by atoms with Crippen LogP contribution in [0, 0.1) is 0 Å². The number of aromatic nitrogens is 2. The van der Waals surface area contributed by atoms with E-state index in [0.717, 1.165) is 50.5 Å². The average molecular weight is 904 g/mol. The molecule has 2 N–H and O–H groups in total. The molecule has 0 saturated heterocycles. The Morgan fingerprint density at radius 2 is 1.07 bits per heavy atom. The molecule has 12 heteroatoms. The van der Waals surface area contributed by atoms with Gasteiger partial charge in [0, 0.05) is 18.0 Å². The highest BCUT2D eigenvalue weighted by Gasteiger charge is 2.38. The number of nitrogens with one attached hydrogen (secondary N) is 1. The van der Waals surface area contributed by atoms with Crippen molar-refractivity contribution in [2.24, 2.45) is 5.16 Å². The van der Waals surface area contributed by atoms with Gasteiger partial charge in [-0.05, 0) is 38.9 Å². The van der Waals surface area contributed by atoms with E-state index in [9.17, 15) is 14.7 Å². The number of benzene rings is 7. The van der Waals surface area contributed by atoms with Crippen molar-refractivity contribution in [3.63, 3.8) is 0 Å². The molecule has 67 heavy (non-hydrogen) atoms.